The highest BCUT2D eigenvalue weighted by Gasteiger charge is 2.40. The quantitative estimate of drug-likeness (QED) is 0.477. The van der Waals surface area contributed by atoms with Crippen LogP contribution in [0.4, 0.5) is 0 Å². The summed E-state index contributed by atoms with van der Waals surface area (Å²) in [5.74, 6) is -1.58. The molecule has 1 aromatic heterocycles. The third-order valence-corrected chi connectivity index (χ3v) is 5.27. The molecule has 1 aliphatic heterocycles. The molecule has 5 nitrogen and oxygen atoms in total. The number of thiophene rings is 1. The van der Waals surface area contributed by atoms with Crippen molar-refractivity contribution in [3.63, 3.8) is 0 Å². The van der Waals surface area contributed by atoms with Crippen molar-refractivity contribution < 1.29 is 9.59 Å². The Balaban J connectivity index is 1.69. The maximum Gasteiger partial charge on any atom is 0.253 e. The molecule has 0 radical (unpaired) electrons. The molecular formula is C16H14BrN3O2S. The second-order valence-corrected chi connectivity index (χ2v) is 7.00. The average Bonchev–Trinajstić information content (AvgIpc) is 3.14. The second-order valence-electron chi connectivity index (χ2n) is 5.14. The molecule has 1 aliphatic rings. The third-order valence-electron chi connectivity index (χ3n) is 3.65. The molecule has 2 aromatic rings. The lowest BCUT2D eigenvalue weighted by Gasteiger charge is -2.15. The summed E-state index contributed by atoms with van der Waals surface area (Å²) in [5, 5.41) is 8.63. The summed E-state index contributed by atoms with van der Waals surface area (Å²) in [4.78, 5) is 25.3. The minimum Gasteiger partial charge on any atom is -0.355 e. The molecular weight excluding hydrogens is 378 g/mol. The first kappa shape index (κ1) is 15.9. The number of benzene rings is 1. The van der Waals surface area contributed by atoms with E-state index in [4.69, 9.17) is 0 Å². The largest absolute Gasteiger partial charge is 0.355 e. The van der Waals surface area contributed by atoms with Gasteiger partial charge in [0, 0.05) is 27.2 Å². The summed E-state index contributed by atoms with van der Waals surface area (Å²) < 4.78 is 0.967. The number of nitrogens with one attached hydrogen (secondary N) is 2. The zero-order valence-corrected chi connectivity index (χ0v) is 14.4. The summed E-state index contributed by atoms with van der Waals surface area (Å²) in [6, 6.07) is 11.5. The van der Waals surface area contributed by atoms with Gasteiger partial charge in [-0.2, -0.15) is 5.10 Å². The number of carbonyl (C=O) groups excluding carboxylic acids is 2. The minimum atomic E-state index is -0.760. The summed E-state index contributed by atoms with van der Waals surface area (Å²) in [6.45, 7) is 0.461. The van der Waals surface area contributed by atoms with Gasteiger partial charge in [0.05, 0.1) is 6.21 Å². The van der Waals surface area contributed by atoms with Gasteiger partial charge in [-0.1, -0.05) is 30.3 Å². The summed E-state index contributed by atoms with van der Waals surface area (Å²) in [6.07, 6.45) is 1.57. The molecule has 2 amide bonds. The van der Waals surface area contributed by atoms with Gasteiger partial charge in [-0.3, -0.25) is 9.59 Å². The van der Waals surface area contributed by atoms with Crippen molar-refractivity contribution in [2.45, 2.75) is 5.92 Å². The van der Waals surface area contributed by atoms with E-state index in [1.54, 1.807) is 6.21 Å². The Morgan fingerprint density at radius 2 is 2.17 bits per heavy atom. The van der Waals surface area contributed by atoms with Crippen LogP contribution in [0.25, 0.3) is 0 Å². The van der Waals surface area contributed by atoms with Crippen molar-refractivity contribution in [2.24, 2.45) is 11.0 Å². The molecule has 0 saturated carbocycles. The van der Waals surface area contributed by atoms with Crippen molar-refractivity contribution in [3.05, 3.63) is 56.7 Å². The Hall–Kier alpha value is -1.99. The number of nitrogens with zero attached hydrogens (tertiary/aromatic N) is 1. The normalized spacial score (nSPS) is 20.7. The molecule has 7 heteroatoms. The van der Waals surface area contributed by atoms with Crippen molar-refractivity contribution in [3.8, 4) is 0 Å². The first-order valence-electron chi connectivity index (χ1n) is 7.05. The average molecular weight is 392 g/mol. The topological polar surface area (TPSA) is 70.6 Å². The predicted octanol–water partition coefficient (Wildman–Crippen LogP) is 2.49. The molecule has 2 heterocycles. The van der Waals surface area contributed by atoms with Gasteiger partial charge in [-0.25, -0.2) is 5.43 Å². The van der Waals surface area contributed by atoms with E-state index in [9.17, 15) is 9.59 Å². The van der Waals surface area contributed by atoms with Gasteiger partial charge < -0.3 is 5.32 Å². The van der Waals surface area contributed by atoms with E-state index in [2.05, 4.69) is 31.8 Å². The first-order valence-corrected chi connectivity index (χ1v) is 8.72. The molecule has 1 aromatic carbocycles. The molecule has 118 valence electrons. The smallest absolute Gasteiger partial charge is 0.253 e. The first-order chi connectivity index (χ1) is 11.1. The van der Waals surface area contributed by atoms with Crippen LogP contribution in [0, 0.1) is 5.92 Å². The van der Waals surface area contributed by atoms with Gasteiger partial charge in [0.25, 0.3) is 5.91 Å². The van der Waals surface area contributed by atoms with Crippen LogP contribution in [0.15, 0.2) is 51.4 Å². The van der Waals surface area contributed by atoms with Crippen molar-refractivity contribution >= 4 is 45.3 Å². The Morgan fingerprint density at radius 3 is 2.87 bits per heavy atom. The molecule has 0 unspecified atom stereocenters. The fourth-order valence-electron chi connectivity index (χ4n) is 2.56. The molecule has 0 bridgehead atoms. The van der Waals surface area contributed by atoms with E-state index in [0.29, 0.717) is 6.54 Å². The van der Waals surface area contributed by atoms with Gasteiger partial charge >= 0.3 is 0 Å². The van der Waals surface area contributed by atoms with Crippen LogP contribution in [0.2, 0.25) is 0 Å². The highest BCUT2D eigenvalue weighted by atomic mass is 79.9. The number of carbonyl (C=O) groups is 2. The highest BCUT2D eigenvalue weighted by Crippen LogP contribution is 2.29. The maximum absolute atomic E-state index is 12.3. The lowest BCUT2D eigenvalue weighted by Crippen LogP contribution is -2.34. The zero-order valence-electron chi connectivity index (χ0n) is 12.0. The Morgan fingerprint density at radius 1 is 1.39 bits per heavy atom. The van der Waals surface area contributed by atoms with E-state index < -0.39 is 5.92 Å². The molecule has 3 rings (SSSR count). The maximum atomic E-state index is 12.3. The Kier molecular flexibility index (Phi) is 4.88. The monoisotopic (exact) mass is 391 g/mol. The summed E-state index contributed by atoms with van der Waals surface area (Å²) in [7, 11) is 0. The van der Waals surface area contributed by atoms with E-state index in [1.807, 2.05) is 41.8 Å². The number of hydrogen-bond donors (Lipinski definition) is 2. The van der Waals surface area contributed by atoms with Gasteiger partial charge in [0.2, 0.25) is 5.91 Å². The second kappa shape index (κ2) is 7.06. The Bertz CT molecular complexity index is 745. The van der Waals surface area contributed by atoms with Crippen LogP contribution < -0.4 is 10.7 Å². The highest BCUT2D eigenvalue weighted by molar-refractivity contribution is 9.10. The van der Waals surface area contributed by atoms with E-state index >= 15 is 0 Å². The molecule has 2 N–H and O–H groups in total. The van der Waals surface area contributed by atoms with Gasteiger partial charge in [0.15, 0.2) is 0 Å². The van der Waals surface area contributed by atoms with Crippen LogP contribution >= 0.6 is 27.3 Å². The summed E-state index contributed by atoms with van der Waals surface area (Å²) >= 11 is 4.86. The fourth-order valence-corrected chi connectivity index (χ4v) is 3.86. The number of halogens is 1. The van der Waals surface area contributed by atoms with Crippen LogP contribution in [0.3, 0.4) is 0 Å². The van der Waals surface area contributed by atoms with Crippen LogP contribution in [0.1, 0.15) is 16.4 Å². The van der Waals surface area contributed by atoms with Gasteiger partial charge in [-0.15, -0.1) is 11.3 Å². The molecule has 1 saturated heterocycles. The number of amides is 2. The van der Waals surface area contributed by atoms with Crippen molar-refractivity contribution in [1.82, 2.24) is 10.7 Å². The number of rotatable bonds is 4. The third kappa shape index (κ3) is 3.68. The van der Waals surface area contributed by atoms with Crippen LogP contribution in [-0.4, -0.2) is 24.6 Å². The lowest BCUT2D eigenvalue weighted by molar-refractivity contribution is -0.133. The molecule has 23 heavy (non-hydrogen) atoms. The predicted molar refractivity (Wildman–Crippen MR) is 93.4 cm³/mol. The summed E-state index contributed by atoms with van der Waals surface area (Å²) in [5.41, 5.74) is 3.44. The van der Waals surface area contributed by atoms with E-state index in [-0.39, 0.29) is 17.7 Å². The molecule has 0 aliphatic carbocycles. The lowest BCUT2D eigenvalue weighted by atomic mass is 9.88. The van der Waals surface area contributed by atoms with Gasteiger partial charge in [0.1, 0.15) is 5.92 Å². The number of hydrazone groups is 1. The molecule has 2 atom stereocenters. The SMILES string of the molecule is O=C1NC[C@@H](c2ccccc2)[C@H]1C(=O)N/N=C\c1cc(Br)cs1. The number of hydrogen-bond acceptors (Lipinski definition) is 4. The standard InChI is InChI=1S/C16H14BrN3O2S/c17-11-6-12(23-9-11)7-19-20-16(22)14-13(8-18-15(14)21)10-4-2-1-3-5-10/h1-7,9,13-14H,8H2,(H,18,21)(H,20,22)/b19-7-/t13-,14+/m0/s1. The molecule has 0 spiro atoms. The minimum absolute atomic E-state index is 0.171. The van der Waals surface area contributed by atoms with Crippen LogP contribution in [-0.2, 0) is 9.59 Å². The zero-order chi connectivity index (χ0) is 16.2. The van der Waals surface area contributed by atoms with E-state index in [1.165, 1.54) is 11.3 Å². The van der Waals surface area contributed by atoms with Crippen molar-refractivity contribution in [2.75, 3.05) is 6.54 Å². The van der Waals surface area contributed by atoms with Gasteiger partial charge in [-0.05, 0) is 27.6 Å². The van der Waals surface area contributed by atoms with Crippen molar-refractivity contribution in [1.29, 1.82) is 0 Å². The van der Waals surface area contributed by atoms with E-state index in [0.717, 1.165) is 14.9 Å². The fraction of sp³-hybridized carbons (Fsp3) is 0.188. The van der Waals surface area contributed by atoms with Crippen LogP contribution in [0.5, 0.6) is 0 Å². The molecule has 1 fully saturated rings. The Labute approximate surface area is 145 Å².